The van der Waals surface area contributed by atoms with Crippen LogP contribution in [0.1, 0.15) is 16.3 Å². The fourth-order valence-electron chi connectivity index (χ4n) is 2.24. The van der Waals surface area contributed by atoms with Crippen LogP contribution < -0.4 is 9.47 Å². The Hall–Kier alpha value is -3.02. The van der Waals surface area contributed by atoms with Gasteiger partial charge in [0.1, 0.15) is 6.61 Å². The number of carbonyl (C=O) groups is 1. The van der Waals surface area contributed by atoms with Crippen molar-refractivity contribution in [2.45, 2.75) is 6.61 Å². The van der Waals surface area contributed by atoms with E-state index in [4.69, 9.17) is 9.47 Å². The third-order valence-electron chi connectivity index (χ3n) is 3.25. The summed E-state index contributed by atoms with van der Waals surface area (Å²) in [6.07, 6.45) is 1.76. The first-order valence-corrected chi connectivity index (χ1v) is 6.66. The number of aromatic carboxylic acids is 1. The summed E-state index contributed by atoms with van der Waals surface area (Å²) in [6.45, 7) is 0.138. The Morgan fingerprint density at radius 1 is 1.18 bits per heavy atom. The van der Waals surface area contributed by atoms with E-state index in [1.165, 1.54) is 0 Å². The van der Waals surface area contributed by atoms with Gasteiger partial charge in [-0.15, -0.1) is 0 Å². The number of hydrogen-bond acceptors (Lipinski definition) is 4. The lowest BCUT2D eigenvalue weighted by Crippen LogP contribution is -2.02. The summed E-state index contributed by atoms with van der Waals surface area (Å²) < 4.78 is 12.6. The van der Waals surface area contributed by atoms with Gasteiger partial charge in [0.25, 0.3) is 0 Å². The van der Waals surface area contributed by atoms with Crippen LogP contribution >= 0.6 is 0 Å². The Bertz CT molecular complexity index is 826. The highest BCUT2D eigenvalue weighted by molar-refractivity contribution is 5.93. The molecule has 6 heteroatoms. The molecule has 1 N–H and O–H groups in total. The zero-order chi connectivity index (χ0) is 15.5. The lowest BCUT2D eigenvalue weighted by atomic mass is 10.3. The van der Waals surface area contributed by atoms with E-state index in [0.717, 1.165) is 0 Å². The van der Waals surface area contributed by atoms with Gasteiger partial charge in [0.15, 0.2) is 23.0 Å². The number of ether oxygens (including phenoxy) is 2. The molecule has 112 valence electrons. The van der Waals surface area contributed by atoms with E-state index in [2.05, 4.69) is 4.98 Å². The molecule has 0 fully saturated rings. The first-order valence-electron chi connectivity index (χ1n) is 6.66. The molecular formula is C16H14N2O4. The molecule has 0 spiro atoms. The van der Waals surface area contributed by atoms with Crippen molar-refractivity contribution in [1.82, 2.24) is 9.38 Å². The average Bonchev–Trinajstić information content (AvgIpc) is 2.92. The number of para-hydroxylation sites is 2. The van der Waals surface area contributed by atoms with E-state index in [0.29, 0.717) is 22.8 Å². The van der Waals surface area contributed by atoms with Gasteiger partial charge in [-0.1, -0.05) is 18.2 Å². The predicted molar refractivity (Wildman–Crippen MR) is 79.5 cm³/mol. The van der Waals surface area contributed by atoms with Crippen LogP contribution in [0.2, 0.25) is 0 Å². The molecule has 0 aliphatic carbocycles. The molecule has 0 unspecified atom stereocenters. The molecule has 0 radical (unpaired) electrons. The second-order valence-corrected chi connectivity index (χ2v) is 4.58. The van der Waals surface area contributed by atoms with E-state index < -0.39 is 5.97 Å². The van der Waals surface area contributed by atoms with Crippen molar-refractivity contribution in [3.63, 3.8) is 0 Å². The van der Waals surface area contributed by atoms with Crippen LogP contribution in [0.25, 0.3) is 5.52 Å². The van der Waals surface area contributed by atoms with E-state index in [1.807, 2.05) is 18.2 Å². The first-order chi connectivity index (χ1) is 10.7. The lowest BCUT2D eigenvalue weighted by Gasteiger charge is -2.09. The van der Waals surface area contributed by atoms with Crippen molar-refractivity contribution in [2.24, 2.45) is 0 Å². The third kappa shape index (κ3) is 2.46. The van der Waals surface area contributed by atoms with Crippen LogP contribution in [0.5, 0.6) is 11.5 Å². The number of rotatable bonds is 5. The molecule has 0 aliphatic heterocycles. The Labute approximate surface area is 126 Å². The Morgan fingerprint density at radius 2 is 1.91 bits per heavy atom. The summed E-state index contributed by atoms with van der Waals surface area (Å²) in [6, 6.07) is 12.6. The van der Waals surface area contributed by atoms with Crippen LogP contribution in [0.15, 0.2) is 48.7 Å². The molecule has 22 heavy (non-hydrogen) atoms. The third-order valence-corrected chi connectivity index (χ3v) is 3.25. The summed E-state index contributed by atoms with van der Waals surface area (Å²) in [5, 5.41) is 9.23. The second kappa shape index (κ2) is 5.77. The summed E-state index contributed by atoms with van der Waals surface area (Å²) in [7, 11) is 1.57. The summed E-state index contributed by atoms with van der Waals surface area (Å²) in [4.78, 5) is 15.4. The van der Waals surface area contributed by atoms with Gasteiger partial charge in [0.2, 0.25) is 0 Å². The second-order valence-electron chi connectivity index (χ2n) is 4.58. The van der Waals surface area contributed by atoms with E-state index in [9.17, 15) is 9.90 Å². The van der Waals surface area contributed by atoms with E-state index in [-0.39, 0.29) is 12.3 Å². The number of carboxylic acids is 1. The quantitative estimate of drug-likeness (QED) is 0.784. The smallest absolute Gasteiger partial charge is 0.356 e. The predicted octanol–water partition coefficient (Wildman–Crippen LogP) is 2.62. The molecule has 2 aromatic heterocycles. The Morgan fingerprint density at radius 3 is 2.64 bits per heavy atom. The molecule has 0 aliphatic rings. The van der Waals surface area contributed by atoms with Gasteiger partial charge >= 0.3 is 5.97 Å². The largest absolute Gasteiger partial charge is 0.493 e. The van der Waals surface area contributed by atoms with E-state index in [1.54, 1.807) is 42.0 Å². The minimum atomic E-state index is -1.06. The minimum absolute atomic E-state index is 0.0132. The molecular weight excluding hydrogens is 284 g/mol. The number of fused-ring (bicyclic) bond motifs is 1. The van der Waals surface area contributed by atoms with E-state index >= 15 is 0 Å². The zero-order valence-corrected chi connectivity index (χ0v) is 11.9. The van der Waals surface area contributed by atoms with Gasteiger partial charge in [0, 0.05) is 6.20 Å². The van der Waals surface area contributed by atoms with Gasteiger partial charge in [-0.05, 0) is 24.3 Å². The highest BCUT2D eigenvalue weighted by Gasteiger charge is 2.16. The summed E-state index contributed by atoms with van der Waals surface area (Å²) in [5.74, 6) is 0.641. The fourth-order valence-corrected chi connectivity index (χ4v) is 2.24. The molecule has 1 aromatic carbocycles. The molecule has 6 nitrogen and oxygen atoms in total. The van der Waals surface area contributed by atoms with Crippen LogP contribution in [-0.4, -0.2) is 27.6 Å². The summed E-state index contributed by atoms with van der Waals surface area (Å²) >= 11 is 0. The molecule has 0 atom stereocenters. The van der Waals surface area contributed by atoms with Crippen molar-refractivity contribution < 1.29 is 19.4 Å². The van der Waals surface area contributed by atoms with Crippen molar-refractivity contribution in [3.05, 3.63) is 60.2 Å². The van der Waals surface area contributed by atoms with Gasteiger partial charge in [-0.2, -0.15) is 0 Å². The number of pyridine rings is 1. The molecule has 3 aromatic rings. The van der Waals surface area contributed by atoms with Gasteiger partial charge < -0.3 is 14.6 Å². The van der Waals surface area contributed by atoms with Crippen molar-refractivity contribution in [1.29, 1.82) is 0 Å². The van der Waals surface area contributed by atoms with Crippen LogP contribution in [0.3, 0.4) is 0 Å². The highest BCUT2D eigenvalue weighted by Crippen LogP contribution is 2.26. The zero-order valence-electron chi connectivity index (χ0n) is 11.9. The maximum atomic E-state index is 11.3. The number of aromatic nitrogens is 2. The lowest BCUT2D eigenvalue weighted by molar-refractivity contribution is 0.0693. The normalized spacial score (nSPS) is 10.6. The van der Waals surface area contributed by atoms with Gasteiger partial charge in [-0.3, -0.25) is 4.40 Å². The summed E-state index contributed by atoms with van der Waals surface area (Å²) in [5.41, 5.74) is 0.549. The fraction of sp³-hybridized carbons (Fsp3) is 0.125. The number of carboxylic acid groups (broad SMARTS) is 1. The number of methoxy groups -OCH3 is 1. The average molecular weight is 298 g/mol. The van der Waals surface area contributed by atoms with Crippen molar-refractivity contribution in [2.75, 3.05) is 7.11 Å². The van der Waals surface area contributed by atoms with Crippen molar-refractivity contribution in [3.8, 4) is 11.5 Å². The number of benzene rings is 1. The van der Waals surface area contributed by atoms with Crippen LogP contribution in [0, 0.1) is 0 Å². The Kier molecular flexibility index (Phi) is 3.65. The standard InChI is InChI=1S/C16H14N2O4/c1-21-12-7-2-3-8-13(12)22-10-14-17-15(16(19)20)11-6-4-5-9-18(11)14/h2-9H,10H2,1H3,(H,19,20). The van der Waals surface area contributed by atoms with Gasteiger partial charge in [0.05, 0.1) is 12.6 Å². The molecule has 3 rings (SSSR count). The molecule has 0 amide bonds. The number of imidazole rings is 1. The molecule has 2 heterocycles. The topological polar surface area (TPSA) is 73.1 Å². The number of hydrogen-bond donors (Lipinski definition) is 1. The SMILES string of the molecule is COc1ccccc1OCc1nc(C(=O)O)c2ccccn12. The number of nitrogens with zero attached hydrogens (tertiary/aromatic N) is 2. The minimum Gasteiger partial charge on any atom is -0.493 e. The monoisotopic (exact) mass is 298 g/mol. The molecule has 0 bridgehead atoms. The van der Waals surface area contributed by atoms with Gasteiger partial charge in [-0.25, -0.2) is 9.78 Å². The molecule has 0 saturated carbocycles. The molecule has 0 saturated heterocycles. The highest BCUT2D eigenvalue weighted by atomic mass is 16.5. The maximum Gasteiger partial charge on any atom is 0.356 e. The van der Waals surface area contributed by atoms with Crippen LogP contribution in [-0.2, 0) is 6.61 Å². The Balaban J connectivity index is 1.93. The van der Waals surface area contributed by atoms with Crippen molar-refractivity contribution >= 4 is 11.5 Å². The maximum absolute atomic E-state index is 11.3. The first kappa shape index (κ1) is 13.9. The van der Waals surface area contributed by atoms with Crippen LogP contribution in [0.4, 0.5) is 0 Å².